The van der Waals surface area contributed by atoms with E-state index in [-0.39, 0.29) is 0 Å². The zero-order chi connectivity index (χ0) is 11.5. The second kappa shape index (κ2) is 4.81. The standard InChI is InChI=1S/C13H21N3/c1-9(2)4-7-12-15-11(10-5-6-10)8-13(14-3)16-12/h8-10H,4-7H2,1-3H3,(H,14,15,16). The SMILES string of the molecule is CNc1cc(C2CC2)nc(CCC(C)C)n1. The molecule has 0 saturated heterocycles. The molecule has 1 aromatic rings. The first-order valence-electron chi connectivity index (χ1n) is 6.24. The van der Waals surface area contributed by atoms with Crippen LogP contribution in [-0.2, 0) is 6.42 Å². The number of hydrogen-bond donors (Lipinski definition) is 1. The number of aromatic nitrogens is 2. The van der Waals surface area contributed by atoms with Crippen LogP contribution in [0.15, 0.2) is 6.07 Å². The molecule has 0 amide bonds. The van der Waals surface area contributed by atoms with Crippen molar-refractivity contribution >= 4 is 5.82 Å². The molecular formula is C13H21N3. The van der Waals surface area contributed by atoms with E-state index in [9.17, 15) is 0 Å². The van der Waals surface area contributed by atoms with Crippen LogP contribution in [0.5, 0.6) is 0 Å². The minimum absolute atomic E-state index is 0.702. The zero-order valence-corrected chi connectivity index (χ0v) is 10.5. The summed E-state index contributed by atoms with van der Waals surface area (Å²) in [6.45, 7) is 4.48. The molecule has 3 heteroatoms. The van der Waals surface area contributed by atoms with Crippen LogP contribution in [0.25, 0.3) is 0 Å². The summed E-state index contributed by atoms with van der Waals surface area (Å²) in [5.41, 5.74) is 1.23. The Balaban J connectivity index is 2.12. The monoisotopic (exact) mass is 219 g/mol. The van der Waals surface area contributed by atoms with Crippen LogP contribution in [-0.4, -0.2) is 17.0 Å². The molecule has 0 atom stereocenters. The molecule has 16 heavy (non-hydrogen) atoms. The molecule has 1 aliphatic rings. The molecule has 88 valence electrons. The Bertz CT molecular complexity index is 356. The summed E-state index contributed by atoms with van der Waals surface area (Å²) < 4.78 is 0. The number of rotatable bonds is 5. The quantitative estimate of drug-likeness (QED) is 0.827. The molecule has 1 heterocycles. The van der Waals surface area contributed by atoms with Gasteiger partial charge >= 0.3 is 0 Å². The molecule has 0 aliphatic heterocycles. The Hall–Kier alpha value is -1.12. The highest BCUT2D eigenvalue weighted by Crippen LogP contribution is 2.39. The fourth-order valence-corrected chi connectivity index (χ4v) is 1.76. The van der Waals surface area contributed by atoms with Crippen molar-refractivity contribution in [1.82, 2.24) is 9.97 Å². The van der Waals surface area contributed by atoms with Crippen LogP contribution in [0.2, 0.25) is 0 Å². The zero-order valence-electron chi connectivity index (χ0n) is 10.5. The van der Waals surface area contributed by atoms with Gasteiger partial charge in [0, 0.05) is 31.1 Å². The lowest BCUT2D eigenvalue weighted by atomic mass is 10.1. The molecule has 0 bridgehead atoms. The van der Waals surface area contributed by atoms with Crippen molar-refractivity contribution in [3.05, 3.63) is 17.6 Å². The summed E-state index contributed by atoms with van der Waals surface area (Å²) in [7, 11) is 1.92. The second-order valence-corrected chi connectivity index (χ2v) is 5.05. The first-order chi connectivity index (χ1) is 7.69. The van der Waals surface area contributed by atoms with E-state index in [1.54, 1.807) is 0 Å². The Morgan fingerprint density at radius 2 is 2.12 bits per heavy atom. The summed E-state index contributed by atoms with van der Waals surface area (Å²) in [4.78, 5) is 9.18. The predicted molar refractivity (Wildman–Crippen MR) is 66.7 cm³/mol. The van der Waals surface area contributed by atoms with Crippen molar-refractivity contribution in [3.63, 3.8) is 0 Å². The third-order valence-electron chi connectivity index (χ3n) is 2.99. The van der Waals surface area contributed by atoms with E-state index >= 15 is 0 Å². The van der Waals surface area contributed by atoms with Crippen molar-refractivity contribution in [2.75, 3.05) is 12.4 Å². The Morgan fingerprint density at radius 3 is 2.69 bits per heavy atom. The highest BCUT2D eigenvalue weighted by molar-refractivity contribution is 5.37. The van der Waals surface area contributed by atoms with Crippen LogP contribution in [0.1, 0.15) is 50.5 Å². The molecule has 0 unspecified atom stereocenters. The molecule has 1 saturated carbocycles. The van der Waals surface area contributed by atoms with Crippen molar-refractivity contribution in [3.8, 4) is 0 Å². The lowest BCUT2D eigenvalue weighted by Gasteiger charge is -2.08. The van der Waals surface area contributed by atoms with Gasteiger partial charge in [0.15, 0.2) is 0 Å². The van der Waals surface area contributed by atoms with Crippen molar-refractivity contribution < 1.29 is 0 Å². The third-order valence-corrected chi connectivity index (χ3v) is 2.99. The summed E-state index contributed by atoms with van der Waals surface area (Å²) in [5.74, 6) is 3.39. The Labute approximate surface area is 97.7 Å². The second-order valence-electron chi connectivity index (χ2n) is 5.05. The highest BCUT2D eigenvalue weighted by Gasteiger charge is 2.25. The van der Waals surface area contributed by atoms with Gasteiger partial charge in [-0.05, 0) is 25.2 Å². The highest BCUT2D eigenvalue weighted by atomic mass is 15.0. The number of nitrogens with one attached hydrogen (secondary N) is 1. The number of hydrogen-bond acceptors (Lipinski definition) is 3. The van der Waals surface area contributed by atoms with Gasteiger partial charge in [-0.15, -0.1) is 0 Å². The molecule has 0 spiro atoms. The van der Waals surface area contributed by atoms with Gasteiger partial charge in [0.2, 0.25) is 0 Å². The van der Waals surface area contributed by atoms with Gasteiger partial charge in [0.05, 0.1) is 0 Å². The summed E-state index contributed by atoms with van der Waals surface area (Å²) in [6.07, 6.45) is 4.75. The maximum Gasteiger partial charge on any atom is 0.131 e. The van der Waals surface area contributed by atoms with E-state index in [1.165, 1.54) is 18.5 Å². The summed E-state index contributed by atoms with van der Waals surface area (Å²) in [5, 5.41) is 3.13. The van der Waals surface area contributed by atoms with Gasteiger partial charge in [0.1, 0.15) is 11.6 Å². The van der Waals surface area contributed by atoms with E-state index in [0.29, 0.717) is 11.8 Å². The summed E-state index contributed by atoms with van der Waals surface area (Å²) >= 11 is 0. The molecule has 1 fully saturated rings. The van der Waals surface area contributed by atoms with Crippen LogP contribution >= 0.6 is 0 Å². The lowest BCUT2D eigenvalue weighted by Crippen LogP contribution is -2.04. The van der Waals surface area contributed by atoms with E-state index in [2.05, 4.69) is 35.2 Å². The maximum atomic E-state index is 4.66. The molecule has 0 radical (unpaired) electrons. The van der Waals surface area contributed by atoms with Crippen LogP contribution in [0.4, 0.5) is 5.82 Å². The van der Waals surface area contributed by atoms with Gasteiger partial charge in [-0.2, -0.15) is 0 Å². The average molecular weight is 219 g/mol. The van der Waals surface area contributed by atoms with Crippen molar-refractivity contribution in [1.29, 1.82) is 0 Å². The molecule has 1 N–H and O–H groups in total. The first-order valence-corrected chi connectivity index (χ1v) is 6.24. The third kappa shape index (κ3) is 2.94. The minimum atomic E-state index is 0.702. The van der Waals surface area contributed by atoms with Gasteiger partial charge in [-0.1, -0.05) is 13.8 Å². The molecule has 0 aromatic carbocycles. The average Bonchev–Trinajstić information content (AvgIpc) is 3.09. The Morgan fingerprint density at radius 1 is 1.38 bits per heavy atom. The molecule has 1 aliphatic carbocycles. The fraction of sp³-hybridized carbons (Fsp3) is 0.692. The number of anilines is 1. The van der Waals surface area contributed by atoms with Gasteiger partial charge < -0.3 is 5.32 Å². The van der Waals surface area contributed by atoms with Gasteiger partial charge in [-0.3, -0.25) is 0 Å². The maximum absolute atomic E-state index is 4.66. The topological polar surface area (TPSA) is 37.8 Å². The van der Waals surface area contributed by atoms with E-state index in [0.717, 1.165) is 24.5 Å². The van der Waals surface area contributed by atoms with E-state index in [4.69, 9.17) is 0 Å². The number of aryl methyl sites for hydroxylation is 1. The lowest BCUT2D eigenvalue weighted by molar-refractivity contribution is 0.573. The van der Waals surface area contributed by atoms with Crippen LogP contribution in [0.3, 0.4) is 0 Å². The molecule has 3 nitrogen and oxygen atoms in total. The van der Waals surface area contributed by atoms with E-state index in [1.807, 2.05) is 7.05 Å². The smallest absolute Gasteiger partial charge is 0.131 e. The van der Waals surface area contributed by atoms with Crippen LogP contribution < -0.4 is 5.32 Å². The predicted octanol–water partition coefficient (Wildman–Crippen LogP) is 2.98. The normalized spacial score (nSPS) is 15.5. The van der Waals surface area contributed by atoms with Gasteiger partial charge in [-0.25, -0.2) is 9.97 Å². The fourth-order valence-electron chi connectivity index (χ4n) is 1.76. The largest absolute Gasteiger partial charge is 0.373 e. The molecule has 2 rings (SSSR count). The van der Waals surface area contributed by atoms with Crippen LogP contribution in [0, 0.1) is 5.92 Å². The van der Waals surface area contributed by atoms with Crippen molar-refractivity contribution in [2.45, 2.75) is 45.4 Å². The van der Waals surface area contributed by atoms with E-state index < -0.39 is 0 Å². The van der Waals surface area contributed by atoms with Crippen molar-refractivity contribution in [2.24, 2.45) is 5.92 Å². The molecular weight excluding hydrogens is 198 g/mol. The number of nitrogens with zero attached hydrogens (tertiary/aromatic N) is 2. The van der Waals surface area contributed by atoms with Gasteiger partial charge in [0.25, 0.3) is 0 Å². The Kier molecular flexibility index (Phi) is 3.42. The molecule has 1 aromatic heterocycles. The summed E-state index contributed by atoms with van der Waals surface area (Å²) in [6, 6.07) is 2.09. The minimum Gasteiger partial charge on any atom is -0.373 e. The first kappa shape index (κ1) is 11.4.